The first-order valence-electron chi connectivity index (χ1n) is 9.82. The van der Waals surface area contributed by atoms with Crippen LogP contribution in [0.1, 0.15) is 32.0 Å². The van der Waals surface area contributed by atoms with Crippen LogP contribution in [0.5, 0.6) is 5.75 Å². The fourth-order valence-corrected chi connectivity index (χ4v) is 4.13. The quantitative estimate of drug-likeness (QED) is 0.830. The minimum atomic E-state index is -0.137. The van der Waals surface area contributed by atoms with Crippen molar-refractivity contribution in [2.75, 3.05) is 26.2 Å². The van der Waals surface area contributed by atoms with Gasteiger partial charge in [-0.15, -0.1) is 0 Å². The number of amides is 1. The van der Waals surface area contributed by atoms with Crippen LogP contribution in [0, 0.1) is 0 Å². The Morgan fingerprint density at radius 1 is 1.33 bits per heavy atom. The van der Waals surface area contributed by atoms with E-state index in [4.69, 9.17) is 4.74 Å². The molecule has 0 saturated carbocycles. The number of benzene rings is 1. The van der Waals surface area contributed by atoms with Crippen molar-refractivity contribution >= 4 is 16.8 Å². The van der Waals surface area contributed by atoms with Gasteiger partial charge in [0, 0.05) is 25.6 Å². The van der Waals surface area contributed by atoms with Gasteiger partial charge in [-0.3, -0.25) is 19.1 Å². The van der Waals surface area contributed by atoms with E-state index in [0.717, 1.165) is 44.7 Å². The summed E-state index contributed by atoms with van der Waals surface area (Å²) in [7, 11) is 0. The summed E-state index contributed by atoms with van der Waals surface area (Å²) in [5.41, 5.74) is 0.661. The van der Waals surface area contributed by atoms with E-state index in [1.165, 1.54) is 6.42 Å². The zero-order valence-electron chi connectivity index (χ0n) is 15.7. The number of nitrogens with one attached hydrogen (secondary N) is 1. The molecule has 2 aliphatic heterocycles. The van der Waals surface area contributed by atoms with Crippen LogP contribution in [0.4, 0.5) is 0 Å². The minimum absolute atomic E-state index is 0.0247. The van der Waals surface area contributed by atoms with Gasteiger partial charge in [-0.1, -0.05) is 6.92 Å². The zero-order valence-corrected chi connectivity index (χ0v) is 15.7. The third kappa shape index (κ3) is 3.69. The van der Waals surface area contributed by atoms with Gasteiger partial charge in [0.15, 0.2) is 6.61 Å². The first-order valence-corrected chi connectivity index (χ1v) is 9.82. The van der Waals surface area contributed by atoms with Gasteiger partial charge in [-0.05, 0) is 50.6 Å². The molecule has 0 radical (unpaired) electrons. The van der Waals surface area contributed by atoms with E-state index >= 15 is 0 Å². The van der Waals surface area contributed by atoms with Crippen LogP contribution in [0.25, 0.3) is 10.9 Å². The topological polar surface area (TPSA) is 76.5 Å². The summed E-state index contributed by atoms with van der Waals surface area (Å²) in [6.45, 7) is 5.60. The summed E-state index contributed by atoms with van der Waals surface area (Å²) in [6.07, 6.45) is 4.12. The number of hydrogen-bond donors (Lipinski definition) is 1. The molecule has 0 bridgehead atoms. The number of carbonyl (C=O) groups is 1. The lowest BCUT2D eigenvalue weighted by atomic mass is 10.2. The molecular weight excluding hydrogens is 344 g/mol. The van der Waals surface area contributed by atoms with Gasteiger partial charge in [0.25, 0.3) is 11.5 Å². The van der Waals surface area contributed by atoms with E-state index in [1.807, 2.05) is 0 Å². The maximum Gasteiger partial charge on any atom is 0.261 e. The lowest BCUT2D eigenvalue weighted by Gasteiger charge is -2.22. The number of carbonyl (C=O) groups excluding carboxylic acids is 1. The molecule has 1 N–H and O–H groups in total. The average molecular weight is 370 g/mol. The molecule has 0 spiro atoms. The second-order valence-electron chi connectivity index (χ2n) is 7.28. The van der Waals surface area contributed by atoms with E-state index in [0.29, 0.717) is 29.2 Å². The fourth-order valence-electron chi connectivity index (χ4n) is 4.13. The molecular formula is C20H26N4O3. The number of aromatic nitrogens is 2. The highest BCUT2D eigenvalue weighted by Gasteiger charge is 2.23. The van der Waals surface area contributed by atoms with Crippen LogP contribution in [0.3, 0.4) is 0 Å². The number of nitrogens with zero attached hydrogens (tertiary/aromatic N) is 3. The van der Waals surface area contributed by atoms with Gasteiger partial charge in [0.1, 0.15) is 11.6 Å². The van der Waals surface area contributed by atoms with E-state index in [9.17, 15) is 9.59 Å². The van der Waals surface area contributed by atoms with Crippen molar-refractivity contribution in [1.29, 1.82) is 0 Å². The molecule has 4 rings (SSSR count). The van der Waals surface area contributed by atoms with Gasteiger partial charge in [-0.25, -0.2) is 4.98 Å². The van der Waals surface area contributed by atoms with E-state index in [2.05, 4.69) is 22.1 Å². The maximum atomic E-state index is 12.6. The number of rotatable bonds is 6. The Morgan fingerprint density at radius 3 is 3.07 bits per heavy atom. The lowest BCUT2D eigenvalue weighted by Crippen LogP contribution is -2.41. The number of hydrogen-bond acceptors (Lipinski definition) is 5. The highest BCUT2D eigenvalue weighted by molar-refractivity contribution is 5.80. The SMILES string of the molecule is CCN1CCC[C@@H]1CNC(=O)COc1ccc2nc3n(c(=O)c2c1)CCC3. The van der Waals surface area contributed by atoms with Crippen molar-refractivity contribution in [2.45, 2.75) is 45.2 Å². The van der Waals surface area contributed by atoms with Crippen LogP contribution in [0.15, 0.2) is 23.0 Å². The summed E-state index contributed by atoms with van der Waals surface area (Å²) >= 11 is 0. The number of fused-ring (bicyclic) bond motifs is 2. The average Bonchev–Trinajstić information content (AvgIpc) is 3.34. The normalized spacial score (nSPS) is 19.4. The Labute approximate surface area is 158 Å². The highest BCUT2D eigenvalue weighted by Crippen LogP contribution is 2.20. The van der Waals surface area contributed by atoms with E-state index < -0.39 is 0 Å². The van der Waals surface area contributed by atoms with Crippen molar-refractivity contribution in [3.63, 3.8) is 0 Å². The van der Waals surface area contributed by atoms with Crippen molar-refractivity contribution in [1.82, 2.24) is 19.8 Å². The third-order valence-corrected chi connectivity index (χ3v) is 5.60. The van der Waals surface area contributed by atoms with Gasteiger partial charge < -0.3 is 10.1 Å². The standard InChI is InChI=1S/C20H26N4O3/c1-2-23-9-3-5-14(23)12-21-19(25)13-27-15-7-8-17-16(11-15)20(26)24-10-4-6-18(24)22-17/h7-8,11,14H,2-6,9-10,12-13H2,1H3,(H,21,25)/t14-/m1/s1. The first-order chi connectivity index (χ1) is 13.2. The third-order valence-electron chi connectivity index (χ3n) is 5.60. The number of likely N-dealkylation sites (tertiary alicyclic amines) is 1. The molecule has 1 saturated heterocycles. The minimum Gasteiger partial charge on any atom is -0.484 e. The van der Waals surface area contributed by atoms with E-state index in [1.54, 1.807) is 22.8 Å². The summed E-state index contributed by atoms with van der Waals surface area (Å²) in [5.74, 6) is 1.24. The summed E-state index contributed by atoms with van der Waals surface area (Å²) < 4.78 is 7.35. The fraction of sp³-hybridized carbons (Fsp3) is 0.550. The highest BCUT2D eigenvalue weighted by atomic mass is 16.5. The molecule has 1 amide bonds. The molecule has 1 aromatic carbocycles. The van der Waals surface area contributed by atoms with Crippen molar-refractivity contribution in [3.05, 3.63) is 34.4 Å². The van der Waals surface area contributed by atoms with Crippen molar-refractivity contribution in [2.24, 2.45) is 0 Å². The van der Waals surface area contributed by atoms with Gasteiger partial charge >= 0.3 is 0 Å². The van der Waals surface area contributed by atoms with Gasteiger partial charge in [-0.2, -0.15) is 0 Å². The molecule has 1 atom stereocenters. The maximum absolute atomic E-state index is 12.6. The smallest absolute Gasteiger partial charge is 0.261 e. The van der Waals surface area contributed by atoms with Crippen LogP contribution in [0.2, 0.25) is 0 Å². The number of ether oxygens (including phenoxy) is 1. The second kappa shape index (κ2) is 7.68. The molecule has 0 aliphatic carbocycles. The molecule has 1 fully saturated rings. The predicted octanol–water partition coefficient (Wildman–Crippen LogP) is 1.32. The number of likely N-dealkylation sites (N-methyl/N-ethyl adjacent to an activating group) is 1. The molecule has 2 aliphatic rings. The molecule has 3 heterocycles. The lowest BCUT2D eigenvalue weighted by molar-refractivity contribution is -0.123. The summed E-state index contributed by atoms with van der Waals surface area (Å²) in [6, 6.07) is 5.68. The summed E-state index contributed by atoms with van der Waals surface area (Å²) in [5, 5.41) is 3.50. The number of aryl methyl sites for hydroxylation is 1. The Balaban J connectivity index is 1.37. The first kappa shape index (κ1) is 18.0. The molecule has 7 heteroatoms. The molecule has 0 unspecified atom stereocenters. The Hall–Kier alpha value is -2.41. The van der Waals surface area contributed by atoms with Crippen molar-refractivity contribution in [3.8, 4) is 5.75 Å². The van der Waals surface area contributed by atoms with Crippen LogP contribution >= 0.6 is 0 Å². The zero-order chi connectivity index (χ0) is 18.8. The molecule has 2 aromatic rings. The molecule has 144 valence electrons. The molecule has 7 nitrogen and oxygen atoms in total. The van der Waals surface area contributed by atoms with Gasteiger partial charge in [0.2, 0.25) is 0 Å². The van der Waals surface area contributed by atoms with Crippen LogP contribution in [-0.4, -0.2) is 52.6 Å². The Bertz CT molecular complexity index is 908. The van der Waals surface area contributed by atoms with Crippen molar-refractivity contribution < 1.29 is 9.53 Å². The Kier molecular flexibility index (Phi) is 5.11. The largest absolute Gasteiger partial charge is 0.484 e. The van der Waals surface area contributed by atoms with E-state index in [-0.39, 0.29) is 18.1 Å². The monoisotopic (exact) mass is 370 g/mol. The summed E-state index contributed by atoms with van der Waals surface area (Å²) in [4.78, 5) is 31.7. The van der Waals surface area contributed by atoms with Gasteiger partial charge in [0.05, 0.1) is 10.9 Å². The molecule has 1 aromatic heterocycles. The Morgan fingerprint density at radius 2 is 2.22 bits per heavy atom. The predicted molar refractivity (Wildman–Crippen MR) is 103 cm³/mol. The van der Waals surface area contributed by atoms with Crippen LogP contribution in [-0.2, 0) is 17.8 Å². The second-order valence-corrected chi connectivity index (χ2v) is 7.28. The molecule has 27 heavy (non-hydrogen) atoms. The van der Waals surface area contributed by atoms with Crippen LogP contribution < -0.4 is 15.6 Å².